The topological polar surface area (TPSA) is 62.4 Å². The summed E-state index contributed by atoms with van der Waals surface area (Å²) in [5, 5.41) is 18.7. The van der Waals surface area contributed by atoms with Crippen LogP contribution in [0, 0.1) is 0 Å². The number of para-hydroxylation sites is 3. The molecule has 3 unspecified atom stereocenters. The Hall–Kier alpha value is -5.76. The smallest absolute Gasteiger partial charge is 0.143 e. The van der Waals surface area contributed by atoms with Gasteiger partial charge < -0.3 is 8.83 Å². The lowest BCUT2D eigenvalue weighted by Crippen LogP contribution is -2.54. The third-order valence-electron chi connectivity index (χ3n) is 10.4. The number of hydrogen-bond acceptors (Lipinski definition) is 6. The van der Waals surface area contributed by atoms with Gasteiger partial charge in [0.2, 0.25) is 0 Å². The Kier molecular flexibility index (Phi) is 6.48. The van der Waals surface area contributed by atoms with Crippen molar-refractivity contribution in [1.82, 2.24) is 16.0 Å². The molecule has 4 heterocycles. The fourth-order valence-corrected chi connectivity index (χ4v) is 9.21. The molecule has 51 heavy (non-hydrogen) atoms. The summed E-state index contributed by atoms with van der Waals surface area (Å²) < 4.78 is 15.9. The average molecular weight is 678 g/mol. The summed E-state index contributed by atoms with van der Waals surface area (Å²) in [4.78, 5) is 0. The number of rotatable bonds is 4. The van der Waals surface area contributed by atoms with E-state index in [1.54, 1.807) is 0 Å². The minimum Gasteiger partial charge on any atom is -0.456 e. The molecule has 0 amide bonds. The molecule has 0 radical (unpaired) electrons. The van der Waals surface area contributed by atoms with Crippen LogP contribution in [-0.2, 0) is 0 Å². The third kappa shape index (κ3) is 4.58. The van der Waals surface area contributed by atoms with Crippen LogP contribution >= 0.6 is 11.3 Å². The predicted molar refractivity (Wildman–Crippen MR) is 210 cm³/mol. The molecule has 1 aliphatic heterocycles. The minimum atomic E-state index is -0.200. The van der Waals surface area contributed by atoms with Gasteiger partial charge in [-0.25, -0.2) is 0 Å². The van der Waals surface area contributed by atoms with E-state index in [0.29, 0.717) is 0 Å². The second-order valence-corrected chi connectivity index (χ2v) is 14.4. The molecule has 0 spiro atoms. The van der Waals surface area contributed by atoms with Gasteiger partial charge in [-0.3, -0.25) is 16.0 Å². The number of hydrogen-bond donors (Lipinski definition) is 3. The van der Waals surface area contributed by atoms with Crippen LogP contribution in [0.15, 0.2) is 160 Å². The van der Waals surface area contributed by atoms with E-state index >= 15 is 0 Å². The van der Waals surface area contributed by atoms with Gasteiger partial charge in [-0.05, 0) is 41.0 Å². The van der Waals surface area contributed by atoms with E-state index in [4.69, 9.17) is 8.83 Å². The normalized spacial score (nSPS) is 18.2. The Balaban J connectivity index is 1.05. The van der Waals surface area contributed by atoms with Gasteiger partial charge in [0, 0.05) is 52.8 Å². The zero-order chi connectivity index (χ0) is 33.5. The van der Waals surface area contributed by atoms with Crippen molar-refractivity contribution in [2.75, 3.05) is 0 Å². The summed E-state index contributed by atoms with van der Waals surface area (Å²) in [6.45, 7) is 0. The first-order chi connectivity index (χ1) is 25.3. The SMILES string of the molecule is c1ccc(C2NC(c3ccc4c(c3)sc3ccccc34)NC(c3cccc4c3oc3c(-c5cccc6oc7ccccc7c56)cccc34)N2)cc1. The Bertz CT molecular complexity index is 2940. The molecule has 1 saturated heterocycles. The standard InChI is InChI=1S/C45H31N3O2S/c1-2-11-26(12-3-1)43-46-44(27-23-24-29-28-13-5-7-22-38(28)51-39(29)25-27)48-45(47-43)35-19-9-18-33-32-17-8-16-31(41(32)50-42(33)35)30-15-10-21-37-40(30)34-14-4-6-20-36(34)49-37/h1-25,43-48H. The molecule has 3 N–H and O–H groups in total. The molecule has 1 fully saturated rings. The van der Waals surface area contributed by atoms with Crippen LogP contribution in [0.4, 0.5) is 0 Å². The molecule has 0 aliphatic carbocycles. The Labute approximate surface area is 297 Å². The van der Waals surface area contributed by atoms with Crippen molar-refractivity contribution in [1.29, 1.82) is 0 Å². The molecule has 7 aromatic carbocycles. The number of nitrogens with one attached hydrogen (secondary N) is 3. The van der Waals surface area contributed by atoms with Crippen LogP contribution in [0.25, 0.3) is 75.2 Å². The lowest BCUT2D eigenvalue weighted by atomic mass is 9.97. The van der Waals surface area contributed by atoms with Crippen molar-refractivity contribution < 1.29 is 8.83 Å². The summed E-state index contributed by atoms with van der Waals surface area (Å²) in [5.74, 6) is 0. The first-order valence-electron chi connectivity index (χ1n) is 17.4. The van der Waals surface area contributed by atoms with Crippen molar-refractivity contribution in [3.05, 3.63) is 168 Å². The van der Waals surface area contributed by atoms with Gasteiger partial charge in [0.05, 0.1) is 18.5 Å². The molecule has 3 atom stereocenters. The second kappa shape index (κ2) is 11.4. The highest BCUT2D eigenvalue weighted by Gasteiger charge is 2.32. The van der Waals surface area contributed by atoms with Gasteiger partial charge in [-0.1, -0.05) is 127 Å². The Morgan fingerprint density at radius 2 is 1.06 bits per heavy atom. The summed E-state index contributed by atoms with van der Waals surface area (Å²) >= 11 is 1.85. The third-order valence-corrected chi connectivity index (χ3v) is 11.6. The summed E-state index contributed by atoms with van der Waals surface area (Å²) in [6, 6.07) is 53.6. The van der Waals surface area contributed by atoms with Crippen LogP contribution in [-0.4, -0.2) is 0 Å². The van der Waals surface area contributed by atoms with Crippen molar-refractivity contribution >= 4 is 75.4 Å². The molecule has 11 rings (SSSR count). The lowest BCUT2D eigenvalue weighted by Gasteiger charge is -2.39. The molecule has 6 heteroatoms. The maximum Gasteiger partial charge on any atom is 0.143 e. The van der Waals surface area contributed by atoms with Gasteiger partial charge in [-0.2, -0.15) is 0 Å². The summed E-state index contributed by atoms with van der Waals surface area (Å²) in [7, 11) is 0. The Morgan fingerprint density at radius 3 is 1.96 bits per heavy atom. The number of furan rings is 2. The fourth-order valence-electron chi connectivity index (χ4n) is 8.06. The van der Waals surface area contributed by atoms with Crippen LogP contribution < -0.4 is 16.0 Å². The summed E-state index contributed by atoms with van der Waals surface area (Å²) in [6.07, 6.45) is -0.408. The van der Waals surface area contributed by atoms with E-state index in [1.807, 2.05) is 29.5 Å². The predicted octanol–water partition coefficient (Wildman–Crippen LogP) is 11.7. The van der Waals surface area contributed by atoms with Gasteiger partial charge in [0.1, 0.15) is 22.3 Å². The highest BCUT2D eigenvalue weighted by atomic mass is 32.1. The number of benzene rings is 7. The number of thiophene rings is 1. The van der Waals surface area contributed by atoms with Crippen LogP contribution in [0.1, 0.15) is 35.2 Å². The van der Waals surface area contributed by atoms with Gasteiger partial charge >= 0.3 is 0 Å². The molecule has 10 aromatic rings. The van der Waals surface area contributed by atoms with E-state index in [9.17, 15) is 0 Å². The molecule has 0 bridgehead atoms. The van der Waals surface area contributed by atoms with E-state index in [1.165, 1.54) is 31.3 Å². The zero-order valence-corrected chi connectivity index (χ0v) is 28.2. The van der Waals surface area contributed by atoms with Crippen LogP contribution in [0.3, 0.4) is 0 Å². The van der Waals surface area contributed by atoms with E-state index in [0.717, 1.165) is 60.6 Å². The van der Waals surface area contributed by atoms with E-state index < -0.39 is 0 Å². The molecule has 244 valence electrons. The molecular formula is C45H31N3O2S. The lowest BCUT2D eigenvalue weighted by molar-refractivity contribution is 0.203. The van der Waals surface area contributed by atoms with Crippen molar-refractivity contribution in [3.8, 4) is 11.1 Å². The quantitative estimate of drug-likeness (QED) is 0.173. The minimum absolute atomic E-state index is 0.0947. The van der Waals surface area contributed by atoms with Crippen LogP contribution in [0.2, 0.25) is 0 Å². The first-order valence-corrected chi connectivity index (χ1v) is 18.2. The Morgan fingerprint density at radius 1 is 0.412 bits per heavy atom. The monoisotopic (exact) mass is 677 g/mol. The van der Waals surface area contributed by atoms with Crippen LogP contribution in [0.5, 0.6) is 0 Å². The molecule has 0 saturated carbocycles. The molecule has 1 aliphatic rings. The second-order valence-electron chi connectivity index (χ2n) is 13.3. The van der Waals surface area contributed by atoms with E-state index in [-0.39, 0.29) is 18.5 Å². The van der Waals surface area contributed by atoms with Gasteiger partial charge in [0.15, 0.2) is 0 Å². The van der Waals surface area contributed by atoms with Crippen molar-refractivity contribution in [3.63, 3.8) is 0 Å². The largest absolute Gasteiger partial charge is 0.456 e. The van der Waals surface area contributed by atoms with Gasteiger partial charge in [-0.15, -0.1) is 11.3 Å². The van der Waals surface area contributed by atoms with Gasteiger partial charge in [0.25, 0.3) is 0 Å². The maximum absolute atomic E-state index is 7.00. The van der Waals surface area contributed by atoms with Crippen molar-refractivity contribution in [2.45, 2.75) is 18.5 Å². The number of fused-ring (bicyclic) bond motifs is 9. The summed E-state index contributed by atoms with van der Waals surface area (Å²) in [5.41, 5.74) is 9.10. The fraction of sp³-hybridized carbons (Fsp3) is 0.0667. The molecular weight excluding hydrogens is 647 g/mol. The highest BCUT2D eigenvalue weighted by molar-refractivity contribution is 7.25. The maximum atomic E-state index is 7.00. The highest BCUT2D eigenvalue weighted by Crippen LogP contribution is 2.43. The molecule has 5 nitrogen and oxygen atoms in total. The van der Waals surface area contributed by atoms with Crippen molar-refractivity contribution in [2.24, 2.45) is 0 Å². The average Bonchev–Trinajstić information content (AvgIpc) is 3.89. The first kappa shape index (κ1) is 29.0. The molecule has 3 aromatic heterocycles. The zero-order valence-electron chi connectivity index (χ0n) is 27.4. The van der Waals surface area contributed by atoms with E-state index in [2.05, 4.69) is 149 Å².